The third-order valence-electron chi connectivity index (χ3n) is 4.32. The van der Waals surface area contributed by atoms with E-state index < -0.39 is 0 Å². The quantitative estimate of drug-likeness (QED) is 0.650. The van der Waals surface area contributed by atoms with Crippen LogP contribution in [0.5, 0.6) is 0 Å². The van der Waals surface area contributed by atoms with Crippen molar-refractivity contribution in [2.75, 3.05) is 11.4 Å². The van der Waals surface area contributed by atoms with Gasteiger partial charge in [0.15, 0.2) is 5.69 Å². The molecule has 1 aromatic heterocycles. The molecule has 0 atom stereocenters. The smallest absolute Gasteiger partial charge is 0.278 e. The predicted molar refractivity (Wildman–Crippen MR) is 100 cm³/mol. The number of nitrogens with zero attached hydrogens (tertiary/aromatic N) is 3. The van der Waals surface area contributed by atoms with Crippen LogP contribution in [0.3, 0.4) is 0 Å². The standard InChI is InChI=1S/C19H15Cl2N3O/c20-14-7-8-18(15(21)12-14)24-11-9-16(22-24)19(25)23-10-3-5-13-4-1-2-6-17(13)23/h1-2,4,6-9,11-12H,3,5,10H2. The van der Waals surface area contributed by atoms with Gasteiger partial charge in [-0.15, -0.1) is 0 Å². The second-order valence-corrected chi connectivity index (χ2v) is 6.77. The summed E-state index contributed by atoms with van der Waals surface area (Å²) >= 11 is 12.2. The summed E-state index contributed by atoms with van der Waals surface area (Å²) in [5, 5.41) is 5.46. The van der Waals surface area contributed by atoms with Crippen LogP contribution >= 0.6 is 23.2 Å². The lowest BCUT2D eigenvalue weighted by Gasteiger charge is -2.28. The Morgan fingerprint density at radius 1 is 1.04 bits per heavy atom. The van der Waals surface area contributed by atoms with Gasteiger partial charge in [-0.3, -0.25) is 4.79 Å². The van der Waals surface area contributed by atoms with Gasteiger partial charge in [-0.1, -0.05) is 41.4 Å². The molecule has 4 rings (SSSR count). The molecule has 2 heterocycles. The minimum absolute atomic E-state index is 0.101. The lowest BCUT2D eigenvalue weighted by atomic mass is 10.0. The molecule has 0 unspecified atom stereocenters. The number of amides is 1. The number of halogens is 2. The molecule has 0 radical (unpaired) electrons. The maximum atomic E-state index is 12.9. The summed E-state index contributed by atoms with van der Waals surface area (Å²) in [4.78, 5) is 14.7. The number of anilines is 1. The van der Waals surface area contributed by atoms with E-state index in [2.05, 4.69) is 11.2 Å². The van der Waals surface area contributed by atoms with Crippen LogP contribution in [-0.4, -0.2) is 22.2 Å². The summed E-state index contributed by atoms with van der Waals surface area (Å²) in [7, 11) is 0. The van der Waals surface area contributed by atoms with E-state index in [1.807, 2.05) is 18.2 Å². The lowest BCUT2D eigenvalue weighted by Crippen LogP contribution is -2.35. The monoisotopic (exact) mass is 371 g/mol. The maximum absolute atomic E-state index is 12.9. The molecule has 4 nitrogen and oxygen atoms in total. The van der Waals surface area contributed by atoms with Crippen LogP contribution in [0.1, 0.15) is 22.5 Å². The van der Waals surface area contributed by atoms with Crippen LogP contribution < -0.4 is 4.90 Å². The van der Waals surface area contributed by atoms with Gasteiger partial charge in [0.05, 0.1) is 10.7 Å². The Kier molecular flexibility index (Phi) is 4.24. The van der Waals surface area contributed by atoms with Crippen molar-refractivity contribution in [1.29, 1.82) is 0 Å². The highest BCUT2D eigenvalue weighted by atomic mass is 35.5. The Labute approximate surface area is 155 Å². The molecule has 126 valence electrons. The number of fused-ring (bicyclic) bond motifs is 1. The molecule has 0 spiro atoms. The first kappa shape index (κ1) is 16.2. The van der Waals surface area contributed by atoms with Crippen molar-refractivity contribution in [1.82, 2.24) is 9.78 Å². The Morgan fingerprint density at radius 3 is 2.72 bits per heavy atom. The molecule has 0 N–H and O–H groups in total. The second kappa shape index (κ2) is 6.54. The van der Waals surface area contributed by atoms with Gasteiger partial charge in [0.25, 0.3) is 5.91 Å². The van der Waals surface area contributed by atoms with E-state index in [4.69, 9.17) is 23.2 Å². The molecule has 1 amide bonds. The van der Waals surface area contributed by atoms with Gasteiger partial charge in [-0.05, 0) is 48.7 Å². The van der Waals surface area contributed by atoms with Crippen molar-refractivity contribution in [3.8, 4) is 5.69 Å². The van der Waals surface area contributed by atoms with Crippen LogP contribution in [0, 0.1) is 0 Å². The van der Waals surface area contributed by atoms with Crippen molar-refractivity contribution < 1.29 is 4.79 Å². The number of hydrogen-bond acceptors (Lipinski definition) is 2. The van der Waals surface area contributed by atoms with Crippen LogP contribution in [0.4, 0.5) is 5.69 Å². The highest BCUT2D eigenvalue weighted by Crippen LogP contribution is 2.28. The molecule has 3 aromatic rings. The Balaban J connectivity index is 1.66. The normalized spacial score (nSPS) is 13.6. The average Bonchev–Trinajstić information content (AvgIpc) is 3.10. The highest BCUT2D eigenvalue weighted by molar-refractivity contribution is 6.35. The Morgan fingerprint density at radius 2 is 1.88 bits per heavy atom. The van der Waals surface area contributed by atoms with Crippen molar-refractivity contribution in [2.45, 2.75) is 12.8 Å². The van der Waals surface area contributed by atoms with Crippen LogP contribution in [-0.2, 0) is 6.42 Å². The minimum atomic E-state index is -0.101. The fourth-order valence-electron chi connectivity index (χ4n) is 3.12. The van der Waals surface area contributed by atoms with Gasteiger partial charge in [-0.2, -0.15) is 5.10 Å². The topological polar surface area (TPSA) is 38.1 Å². The molecule has 0 saturated carbocycles. The molecule has 0 bridgehead atoms. The van der Waals surface area contributed by atoms with E-state index in [0.717, 1.165) is 18.5 Å². The number of carbonyl (C=O) groups excluding carboxylic acids is 1. The van der Waals surface area contributed by atoms with E-state index in [9.17, 15) is 4.79 Å². The van der Waals surface area contributed by atoms with Gasteiger partial charge in [0, 0.05) is 23.5 Å². The molecule has 6 heteroatoms. The molecular formula is C19H15Cl2N3O. The molecule has 0 fully saturated rings. The number of aryl methyl sites for hydroxylation is 1. The third-order valence-corrected chi connectivity index (χ3v) is 4.86. The Hall–Kier alpha value is -2.30. The number of para-hydroxylation sites is 1. The van der Waals surface area contributed by atoms with Gasteiger partial charge in [0.2, 0.25) is 0 Å². The van der Waals surface area contributed by atoms with Gasteiger partial charge >= 0.3 is 0 Å². The maximum Gasteiger partial charge on any atom is 0.278 e. The number of aromatic nitrogens is 2. The summed E-state index contributed by atoms with van der Waals surface area (Å²) < 4.78 is 1.60. The van der Waals surface area contributed by atoms with E-state index in [1.54, 1.807) is 40.0 Å². The molecular weight excluding hydrogens is 357 g/mol. The minimum Gasteiger partial charge on any atom is -0.307 e. The predicted octanol–water partition coefficient (Wildman–Crippen LogP) is 4.77. The average molecular weight is 372 g/mol. The van der Waals surface area contributed by atoms with Gasteiger partial charge in [0.1, 0.15) is 0 Å². The van der Waals surface area contributed by atoms with Gasteiger partial charge < -0.3 is 4.90 Å². The fraction of sp³-hybridized carbons (Fsp3) is 0.158. The molecule has 2 aromatic carbocycles. The SMILES string of the molecule is O=C(c1ccn(-c2ccc(Cl)cc2Cl)n1)N1CCCc2ccccc21. The number of hydrogen-bond donors (Lipinski definition) is 0. The molecule has 0 saturated heterocycles. The second-order valence-electron chi connectivity index (χ2n) is 5.93. The number of rotatable bonds is 2. The summed E-state index contributed by atoms with van der Waals surface area (Å²) in [5.74, 6) is -0.101. The van der Waals surface area contributed by atoms with Crippen LogP contribution in [0.25, 0.3) is 5.69 Å². The van der Waals surface area contributed by atoms with Crippen molar-refractivity contribution in [2.24, 2.45) is 0 Å². The van der Waals surface area contributed by atoms with Gasteiger partial charge in [-0.25, -0.2) is 4.68 Å². The summed E-state index contributed by atoms with van der Waals surface area (Å²) in [6.07, 6.45) is 3.68. The molecule has 1 aliphatic heterocycles. The first-order valence-corrected chi connectivity index (χ1v) is 8.80. The first-order valence-electron chi connectivity index (χ1n) is 8.04. The fourth-order valence-corrected chi connectivity index (χ4v) is 3.62. The number of benzene rings is 2. The van der Waals surface area contributed by atoms with Crippen molar-refractivity contribution in [3.63, 3.8) is 0 Å². The zero-order chi connectivity index (χ0) is 17.4. The molecule has 1 aliphatic rings. The van der Waals surface area contributed by atoms with E-state index in [1.165, 1.54) is 5.56 Å². The molecule has 25 heavy (non-hydrogen) atoms. The zero-order valence-corrected chi connectivity index (χ0v) is 14.8. The largest absolute Gasteiger partial charge is 0.307 e. The van der Waals surface area contributed by atoms with E-state index >= 15 is 0 Å². The van der Waals surface area contributed by atoms with Crippen molar-refractivity contribution >= 4 is 34.8 Å². The lowest BCUT2D eigenvalue weighted by molar-refractivity contribution is 0.0980. The zero-order valence-electron chi connectivity index (χ0n) is 13.3. The summed E-state index contributed by atoms with van der Waals surface area (Å²) in [6, 6.07) is 14.9. The third kappa shape index (κ3) is 3.03. The Bertz CT molecular complexity index is 951. The number of carbonyl (C=O) groups is 1. The summed E-state index contributed by atoms with van der Waals surface area (Å²) in [5.41, 5.74) is 3.24. The van der Waals surface area contributed by atoms with Crippen LogP contribution in [0.15, 0.2) is 54.7 Å². The van der Waals surface area contributed by atoms with E-state index in [-0.39, 0.29) is 5.91 Å². The van der Waals surface area contributed by atoms with E-state index in [0.29, 0.717) is 28.0 Å². The highest BCUT2D eigenvalue weighted by Gasteiger charge is 2.25. The van der Waals surface area contributed by atoms with Crippen LogP contribution in [0.2, 0.25) is 10.0 Å². The molecule has 0 aliphatic carbocycles. The van der Waals surface area contributed by atoms with Crippen molar-refractivity contribution in [3.05, 3.63) is 76.0 Å². The first-order chi connectivity index (χ1) is 12.1. The summed E-state index contributed by atoms with van der Waals surface area (Å²) in [6.45, 7) is 0.699.